The number of nitrogens with zero attached hydrogens (tertiary/aromatic N) is 2. The van der Waals surface area contributed by atoms with Crippen LogP contribution >= 0.6 is 23.2 Å². The molecule has 0 unspecified atom stereocenters. The van der Waals surface area contributed by atoms with Crippen LogP contribution in [0.1, 0.15) is 17.0 Å². The molecule has 0 aliphatic heterocycles. The number of carbonyl (C=O) groups is 2. The number of benzene rings is 3. The van der Waals surface area contributed by atoms with E-state index in [0.717, 1.165) is 33.4 Å². The summed E-state index contributed by atoms with van der Waals surface area (Å²) in [6, 6.07) is 20.4. The number of anilines is 1. The fourth-order valence-electron chi connectivity index (χ4n) is 3.66. The molecule has 4 rings (SSSR count). The molecule has 0 fully saturated rings. The highest BCUT2D eigenvalue weighted by Crippen LogP contribution is 2.27. The number of aryl methyl sites for hydroxylation is 1. The Hall–Kier alpha value is -3.61. The average Bonchev–Trinajstić information content (AvgIpc) is 3.08. The number of halogens is 2. The zero-order valence-electron chi connectivity index (χ0n) is 17.9. The van der Waals surface area contributed by atoms with Gasteiger partial charge in [0.05, 0.1) is 16.3 Å². The van der Waals surface area contributed by atoms with Crippen molar-refractivity contribution >= 4 is 57.7 Å². The van der Waals surface area contributed by atoms with Crippen LogP contribution in [0.3, 0.4) is 0 Å². The third-order valence-electron chi connectivity index (χ3n) is 5.25. The molecule has 3 aromatic carbocycles. The highest BCUT2D eigenvalue weighted by molar-refractivity contribution is 6.42. The summed E-state index contributed by atoms with van der Waals surface area (Å²) in [7, 11) is 0. The number of aromatic nitrogens is 1. The second-order valence-corrected chi connectivity index (χ2v) is 8.25. The predicted octanol–water partition coefficient (Wildman–Crippen LogP) is 5.64. The monoisotopic (exact) mass is 478 g/mol. The Balaban J connectivity index is 1.46. The molecule has 0 saturated heterocycles. The number of hydrogen-bond acceptors (Lipinski definition) is 3. The van der Waals surface area contributed by atoms with E-state index in [1.807, 2.05) is 66.9 Å². The van der Waals surface area contributed by atoms with Gasteiger partial charge in [0, 0.05) is 33.7 Å². The average molecular weight is 479 g/mol. The summed E-state index contributed by atoms with van der Waals surface area (Å²) in [5.41, 5.74) is 6.33. The van der Waals surface area contributed by atoms with Gasteiger partial charge >= 0.3 is 11.8 Å². The van der Waals surface area contributed by atoms with E-state index >= 15 is 0 Å². The maximum atomic E-state index is 12.3. The molecule has 8 heteroatoms. The highest BCUT2D eigenvalue weighted by Gasteiger charge is 2.15. The molecule has 0 aliphatic rings. The Kier molecular flexibility index (Phi) is 6.49. The van der Waals surface area contributed by atoms with Crippen molar-refractivity contribution in [1.29, 1.82) is 0 Å². The van der Waals surface area contributed by atoms with Crippen LogP contribution in [0.25, 0.3) is 16.5 Å². The summed E-state index contributed by atoms with van der Waals surface area (Å²) in [6.07, 6.45) is 1.50. The second-order valence-electron chi connectivity index (χ2n) is 7.44. The van der Waals surface area contributed by atoms with Gasteiger partial charge < -0.3 is 9.88 Å². The smallest absolute Gasteiger partial charge is 0.318 e. The van der Waals surface area contributed by atoms with Crippen LogP contribution in [0.2, 0.25) is 10.0 Å². The van der Waals surface area contributed by atoms with Crippen LogP contribution in [0, 0.1) is 13.8 Å². The minimum atomic E-state index is -0.863. The SMILES string of the molecule is Cc1cc(/C=N\NC(=O)C(=O)Nc2cccc3ccccc23)c(C)n1-c1ccc(Cl)c(Cl)c1. The molecule has 2 amide bonds. The van der Waals surface area contributed by atoms with Gasteiger partial charge in [-0.3, -0.25) is 9.59 Å². The van der Waals surface area contributed by atoms with Gasteiger partial charge in [-0.1, -0.05) is 59.6 Å². The molecule has 1 heterocycles. The van der Waals surface area contributed by atoms with Crippen molar-refractivity contribution in [3.63, 3.8) is 0 Å². The van der Waals surface area contributed by atoms with Crippen molar-refractivity contribution in [3.8, 4) is 5.69 Å². The van der Waals surface area contributed by atoms with Crippen molar-refractivity contribution in [1.82, 2.24) is 9.99 Å². The fraction of sp³-hybridized carbons (Fsp3) is 0.0800. The highest BCUT2D eigenvalue weighted by atomic mass is 35.5. The molecule has 166 valence electrons. The molecule has 33 heavy (non-hydrogen) atoms. The van der Waals surface area contributed by atoms with E-state index in [2.05, 4.69) is 15.8 Å². The first-order valence-corrected chi connectivity index (χ1v) is 10.9. The van der Waals surface area contributed by atoms with Crippen LogP contribution in [0.15, 0.2) is 71.8 Å². The van der Waals surface area contributed by atoms with Gasteiger partial charge in [-0.05, 0) is 49.6 Å². The van der Waals surface area contributed by atoms with E-state index < -0.39 is 11.8 Å². The maximum Gasteiger partial charge on any atom is 0.329 e. The second kappa shape index (κ2) is 9.48. The van der Waals surface area contributed by atoms with E-state index in [1.54, 1.807) is 18.2 Å². The first kappa shape index (κ1) is 22.6. The van der Waals surface area contributed by atoms with Crippen molar-refractivity contribution in [3.05, 3.63) is 93.7 Å². The molecule has 2 N–H and O–H groups in total. The van der Waals surface area contributed by atoms with E-state index in [-0.39, 0.29) is 0 Å². The Labute approximate surface area is 200 Å². The summed E-state index contributed by atoms with van der Waals surface area (Å²) < 4.78 is 2.00. The number of fused-ring (bicyclic) bond motifs is 1. The van der Waals surface area contributed by atoms with E-state index in [4.69, 9.17) is 23.2 Å². The molecule has 0 atom stereocenters. The zero-order chi connectivity index (χ0) is 23.5. The minimum Gasteiger partial charge on any atom is -0.318 e. The van der Waals surface area contributed by atoms with E-state index in [1.165, 1.54) is 6.21 Å². The third-order valence-corrected chi connectivity index (χ3v) is 5.98. The Morgan fingerprint density at radius 1 is 0.909 bits per heavy atom. The predicted molar refractivity (Wildman–Crippen MR) is 134 cm³/mol. The molecular weight excluding hydrogens is 459 g/mol. The van der Waals surface area contributed by atoms with E-state index in [9.17, 15) is 9.59 Å². The van der Waals surface area contributed by atoms with Crippen molar-refractivity contribution in [2.24, 2.45) is 5.10 Å². The molecular formula is C25H20Cl2N4O2. The van der Waals surface area contributed by atoms with Crippen LogP contribution in [-0.4, -0.2) is 22.6 Å². The van der Waals surface area contributed by atoms with Crippen LogP contribution in [0.4, 0.5) is 5.69 Å². The number of nitrogens with one attached hydrogen (secondary N) is 2. The quantitative estimate of drug-likeness (QED) is 0.226. The Morgan fingerprint density at radius 3 is 2.45 bits per heavy atom. The lowest BCUT2D eigenvalue weighted by molar-refractivity contribution is -0.136. The van der Waals surface area contributed by atoms with Gasteiger partial charge in [0.25, 0.3) is 0 Å². The summed E-state index contributed by atoms with van der Waals surface area (Å²) in [5.74, 6) is -1.66. The number of rotatable bonds is 4. The standard InChI is InChI=1S/C25H20Cl2N4O2/c1-15-12-18(16(2)31(15)19-10-11-21(26)22(27)13-19)14-28-30-25(33)24(32)29-23-9-5-7-17-6-3-4-8-20(17)23/h3-14H,1-2H3,(H,29,32)(H,30,33)/b28-14-. The first-order chi connectivity index (χ1) is 15.8. The summed E-state index contributed by atoms with van der Waals surface area (Å²) in [4.78, 5) is 24.6. The normalized spacial score (nSPS) is 11.2. The summed E-state index contributed by atoms with van der Waals surface area (Å²) in [6.45, 7) is 3.87. The molecule has 0 aliphatic carbocycles. The lowest BCUT2D eigenvalue weighted by atomic mass is 10.1. The van der Waals surface area contributed by atoms with E-state index in [0.29, 0.717) is 15.7 Å². The van der Waals surface area contributed by atoms with Gasteiger partial charge in [-0.25, -0.2) is 5.43 Å². The van der Waals surface area contributed by atoms with Crippen LogP contribution < -0.4 is 10.7 Å². The topological polar surface area (TPSA) is 75.5 Å². The Morgan fingerprint density at radius 2 is 1.67 bits per heavy atom. The molecule has 6 nitrogen and oxygen atoms in total. The Bertz CT molecular complexity index is 1400. The van der Waals surface area contributed by atoms with Crippen LogP contribution in [-0.2, 0) is 9.59 Å². The first-order valence-electron chi connectivity index (χ1n) is 10.1. The summed E-state index contributed by atoms with van der Waals surface area (Å²) >= 11 is 12.2. The number of amides is 2. The molecule has 4 aromatic rings. The molecule has 0 radical (unpaired) electrons. The number of hydrogen-bond donors (Lipinski definition) is 2. The van der Waals surface area contributed by atoms with Crippen LogP contribution in [0.5, 0.6) is 0 Å². The number of hydrazone groups is 1. The minimum absolute atomic E-state index is 0.460. The van der Waals surface area contributed by atoms with Crippen molar-refractivity contribution in [2.75, 3.05) is 5.32 Å². The van der Waals surface area contributed by atoms with Crippen molar-refractivity contribution < 1.29 is 9.59 Å². The molecule has 0 bridgehead atoms. The van der Waals surface area contributed by atoms with Crippen molar-refractivity contribution in [2.45, 2.75) is 13.8 Å². The molecule has 0 saturated carbocycles. The fourth-order valence-corrected chi connectivity index (χ4v) is 3.96. The van der Waals surface area contributed by atoms with Gasteiger partial charge in [0.15, 0.2) is 0 Å². The van der Waals surface area contributed by atoms with Gasteiger partial charge in [-0.15, -0.1) is 0 Å². The largest absolute Gasteiger partial charge is 0.329 e. The molecule has 1 aromatic heterocycles. The van der Waals surface area contributed by atoms with Gasteiger partial charge in [0.1, 0.15) is 0 Å². The van der Waals surface area contributed by atoms with Gasteiger partial charge in [0.2, 0.25) is 0 Å². The molecule has 0 spiro atoms. The number of carbonyl (C=O) groups excluding carboxylic acids is 2. The maximum absolute atomic E-state index is 12.3. The van der Waals surface area contributed by atoms with Gasteiger partial charge in [-0.2, -0.15) is 5.10 Å². The lowest BCUT2D eigenvalue weighted by Crippen LogP contribution is -2.32. The lowest BCUT2D eigenvalue weighted by Gasteiger charge is -2.10. The third kappa shape index (κ3) is 4.77. The summed E-state index contributed by atoms with van der Waals surface area (Å²) in [5, 5.41) is 9.35. The zero-order valence-corrected chi connectivity index (χ0v) is 19.4.